The van der Waals surface area contributed by atoms with Gasteiger partial charge in [-0.3, -0.25) is 0 Å². The van der Waals surface area contributed by atoms with Crippen molar-refractivity contribution in [3.8, 4) is 0 Å². The molecule has 2 heterocycles. The van der Waals surface area contributed by atoms with Gasteiger partial charge < -0.3 is 15.8 Å². The van der Waals surface area contributed by atoms with Crippen LogP contribution in [0.3, 0.4) is 0 Å². The molecule has 0 bridgehead atoms. The fourth-order valence-corrected chi connectivity index (χ4v) is 1.54. The smallest absolute Gasteiger partial charge is 0.200 e. The summed E-state index contributed by atoms with van der Waals surface area (Å²) in [5.41, 5.74) is 6.11. The van der Waals surface area contributed by atoms with Crippen LogP contribution < -0.4 is 10.6 Å². The number of amidine groups is 1. The molecule has 2 aromatic rings. The third-order valence-corrected chi connectivity index (χ3v) is 2.61. The first-order chi connectivity index (χ1) is 8.61. The van der Waals surface area contributed by atoms with Gasteiger partial charge in [-0.05, 0) is 22.6 Å². The van der Waals surface area contributed by atoms with Crippen LogP contribution in [-0.2, 0) is 0 Å². The van der Waals surface area contributed by atoms with Crippen LogP contribution >= 0.6 is 0 Å². The molecule has 0 amide bonds. The maximum absolute atomic E-state index is 8.60. The Morgan fingerprint density at radius 3 is 3.11 bits per heavy atom. The lowest BCUT2D eigenvalue weighted by Gasteiger charge is -2.21. The van der Waals surface area contributed by atoms with Crippen LogP contribution in [0.5, 0.6) is 0 Å². The Balaban J connectivity index is 2.15. The third-order valence-electron chi connectivity index (χ3n) is 2.61. The van der Waals surface area contributed by atoms with Crippen LogP contribution in [0.15, 0.2) is 17.3 Å². The minimum atomic E-state index is -0.0913. The average Bonchev–Trinajstić information content (AvgIpc) is 2.84. The number of tetrazole rings is 1. The molecular formula is C9H14N8O. The van der Waals surface area contributed by atoms with Gasteiger partial charge in [0.25, 0.3) is 0 Å². The zero-order chi connectivity index (χ0) is 13.1. The van der Waals surface area contributed by atoms with Crippen molar-refractivity contribution in [2.24, 2.45) is 16.8 Å². The molecule has 2 aromatic heterocycles. The van der Waals surface area contributed by atoms with Gasteiger partial charge in [-0.25, -0.2) is 0 Å². The van der Waals surface area contributed by atoms with E-state index in [-0.39, 0.29) is 11.8 Å². The molecule has 0 aliphatic heterocycles. The van der Waals surface area contributed by atoms with Crippen molar-refractivity contribution in [3.63, 3.8) is 0 Å². The minimum Gasteiger partial charge on any atom is -0.409 e. The lowest BCUT2D eigenvalue weighted by molar-refractivity contribution is 0.314. The summed E-state index contributed by atoms with van der Waals surface area (Å²) in [7, 11) is 1.86. The van der Waals surface area contributed by atoms with E-state index in [1.807, 2.05) is 24.9 Å². The molecule has 9 nitrogen and oxygen atoms in total. The van der Waals surface area contributed by atoms with Crippen LogP contribution in [0.25, 0.3) is 5.65 Å². The number of nitrogens with zero attached hydrogens (tertiary/aromatic N) is 7. The Hall–Kier alpha value is -2.45. The van der Waals surface area contributed by atoms with Gasteiger partial charge in [0.2, 0.25) is 0 Å². The second kappa shape index (κ2) is 4.82. The molecule has 0 aliphatic rings. The Kier molecular flexibility index (Phi) is 3.22. The molecule has 0 radical (unpaired) electrons. The molecule has 1 atom stereocenters. The monoisotopic (exact) mass is 250 g/mol. The van der Waals surface area contributed by atoms with Gasteiger partial charge >= 0.3 is 0 Å². The molecule has 0 saturated carbocycles. The fourth-order valence-electron chi connectivity index (χ4n) is 1.54. The first-order valence-corrected chi connectivity index (χ1v) is 5.36. The van der Waals surface area contributed by atoms with Crippen molar-refractivity contribution in [1.82, 2.24) is 25.3 Å². The third kappa shape index (κ3) is 2.29. The van der Waals surface area contributed by atoms with E-state index in [0.717, 1.165) is 0 Å². The maximum Gasteiger partial charge on any atom is 0.200 e. The van der Waals surface area contributed by atoms with E-state index >= 15 is 0 Å². The number of oxime groups is 1. The molecule has 0 spiro atoms. The van der Waals surface area contributed by atoms with Crippen LogP contribution in [0.2, 0.25) is 0 Å². The molecular weight excluding hydrogens is 236 g/mol. The van der Waals surface area contributed by atoms with Crippen LogP contribution in [-0.4, -0.2) is 49.9 Å². The summed E-state index contributed by atoms with van der Waals surface area (Å²) in [5, 5.41) is 26.8. The van der Waals surface area contributed by atoms with Crippen molar-refractivity contribution in [2.45, 2.75) is 6.92 Å². The van der Waals surface area contributed by atoms with Gasteiger partial charge in [0.05, 0.1) is 0 Å². The van der Waals surface area contributed by atoms with Crippen LogP contribution in [0, 0.1) is 5.92 Å². The van der Waals surface area contributed by atoms with Crippen LogP contribution in [0.4, 0.5) is 5.82 Å². The van der Waals surface area contributed by atoms with Crippen molar-refractivity contribution in [2.75, 3.05) is 18.5 Å². The summed E-state index contributed by atoms with van der Waals surface area (Å²) in [5.74, 6) is 0.795. The molecule has 0 aromatic carbocycles. The highest BCUT2D eigenvalue weighted by molar-refractivity contribution is 5.82. The molecule has 96 valence electrons. The van der Waals surface area contributed by atoms with Gasteiger partial charge in [0, 0.05) is 19.5 Å². The van der Waals surface area contributed by atoms with Crippen molar-refractivity contribution in [3.05, 3.63) is 12.1 Å². The molecule has 0 saturated heterocycles. The Bertz CT molecular complexity index is 564. The summed E-state index contributed by atoms with van der Waals surface area (Å²) in [4.78, 5) is 1.88. The van der Waals surface area contributed by atoms with E-state index in [2.05, 4.69) is 25.8 Å². The zero-order valence-corrected chi connectivity index (χ0v) is 10.1. The van der Waals surface area contributed by atoms with Crippen molar-refractivity contribution in [1.29, 1.82) is 0 Å². The highest BCUT2D eigenvalue weighted by Gasteiger charge is 2.13. The van der Waals surface area contributed by atoms with E-state index in [1.54, 1.807) is 6.07 Å². The van der Waals surface area contributed by atoms with E-state index in [9.17, 15) is 0 Å². The molecule has 18 heavy (non-hydrogen) atoms. The molecule has 2 rings (SSSR count). The second-order valence-corrected chi connectivity index (χ2v) is 4.02. The maximum atomic E-state index is 8.60. The molecule has 0 aliphatic carbocycles. The highest BCUT2D eigenvalue weighted by Crippen LogP contribution is 2.10. The summed E-state index contributed by atoms with van der Waals surface area (Å²) in [6.07, 6.45) is 0. The predicted molar refractivity (Wildman–Crippen MR) is 64.4 cm³/mol. The SMILES string of the molecule is CC(CN(C)c1ccc2nnnn2n1)C(N)=NO. The predicted octanol–water partition coefficient (Wildman–Crippen LogP) is -0.662. The number of nitrogens with two attached hydrogens (primary N) is 1. The number of fused-ring (bicyclic) bond motifs is 1. The average molecular weight is 250 g/mol. The summed E-state index contributed by atoms with van der Waals surface area (Å²) in [6, 6.07) is 3.58. The van der Waals surface area contributed by atoms with Crippen molar-refractivity contribution >= 4 is 17.3 Å². The summed E-state index contributed by atoms with van der Waals surface area (Å²) in [6.45, 7) is 2.43. The number of aromatic nitrogens is 5. The van der Waals surface area contributed by atoms with E-state index in [1.165, 1.54) is 4.63 Å². The normalized spacial score (nSPS) is 13.8. The molecule has 3 N–H and O–H groups in total. The number of anilines is 1. The highest BCUT2D eigenvalue weighted by atomic mass is 16.4. The topological polar surface area (TPSA) is 118 Å². The Morgan fingerprint density at radius 2 is 2.39 bits per heavy atom. The second-order valence-electron chi connectivity index (χ2n) is 4.02. The minimum absolute atomic E-state index is 0.0913. The van der Waals surface area contributed by atoms with Gasteiger partial charge in [0.1, 0.15) is 5.84 Å². The van der Waals surface area contributed by atoms with E-state index < -0.39 is 0 Å². The number of hydrogen-bond donors (Lipinski definition) is 2. The summed E-state index contributed by atoms with van der Waals surface area (Å²) >= 11 is 0. The zero-order valence-electron chi connectivity index (χ0n) is 10.1. The van der Waals surface area contributed by atoms with Gasteiger partial charge in [-0.1, -0.05) is 12.1 Å². The Morgan fingerprint density at radius 1 is 1.61 bits per heavy atom. The lowest BCUT2D eigenvalue weighted by atomic mass is 10.1. The molecule has 0 fully saturated rings. The van der Waals surface area contributed by atoms with Crippen molar-refractivity contribution < 1.29 is 5.21 Å². The van der Waals surface area contributed by atoms with Gasteiger partial charge in [-0.2, -0.15) is 0 Å². The molecule has 9 heteroatoms. The largest absolute Gasteiger partial charge is 0.409 e. The first kappa shape index (κ1) is 12.0. The first-order valence-electron chi connectivity index (χ1n) is 5.36. The van der Waals surface area contributed by atoms with E-state index in [0.29, 0.717) is 18.0 Å². The fraction of sp³-hybridized carbons (Fsp3) is 0.444. The Labute approximate surface area is 103 Å². The van der Waals surface area contributed by atoms with Gasteiger partial charge in [-0.15, -0.1) is 14.8 Å². The van der Waals surface area contributed by atoms with Crippen LogP contribution in [0.1, 0.15) is 6.92 Å². The van der Waals surface area contributed by atoms with E-state index in [4.69, 9.17) is 10.9 Å². The summed E-state index contributed by atoms with van der Waals surface area (Å²) < 4.78 is 1.35. The lowest BCUT2D eigenvalue weighted by Crippen LogP contribution is -2.33. The number of rotatable bonds is 4. The quantitative estimate of drug-likeness (QED) is 0.320. The molecule has 1 unspecified atom stereocenters. The van der Waals surface area contributed by atoms with Gasteiger partial charge in [0.15, 0.2) is 11.5 Å². The standard InChI is InChI=1S/C9H14N8O/c1-6(9(10)13-18)5-16(2)8-4-3-7-11-14-15-17(7)12-8/h3-4,6,18H,5H2,1-2H3,(H2,10,13). The number of hydrogen-bond acceptors (Lipinski definition) is 7.